The Morgan fingerprint density at radius 3 is 2.69 bits per heavy atom. The van der Waals surface area contributed by atoms with Crippen molar-refractivity contribution in [2.75, 3.05) is 0 Å². The molecule has 3 heteroatoms. The van der Waals surface area contributed by atoms with E-state index < -0.39 is 0 Å². The number of hydrogen-bond acceptors (Lipinski definition) is 1. The van der Waals surface area contributed by atoms with Gasteiger partial charge in [-0.25, -0.2) is 0 Å². The first-order valence-electron chi connectivity index (χ1n) is 5.48. The molecule has 1 aromatic heterocycles. The minimum absolute atomic E-state index is 0.272. The van der Waals surface area contributed by atoms with Gasteiger partial charge in [-0.2, -0.15) is 0 Å². The number of benzene rings is 1. The molecule has 0 aliphatic carbocycles. The second kappa shape index (κ2) is 4.00. The summed E-state index contributed by atoms with van der Waals surface area (Å²) in [4.78, 5) is 11.1. The van der Waals surface area contributed by atoms with E-state index in [2.05, 4.69) is 17.6 Å². The van der Waals surface area contributed by atoms with Crippen molar-refractivity contribution >= 4 is 16.8 Å². The van der Waals surface area contributed by atoms with Crippen molar-refractivity contribution in [3.05, 3.63) is 35.5 Å². The molecule has 1 amide bonds. The zero-order chi connectivity index (χ0) is 11.7. The average Bonchev–Trinajstić information content (AvgIpc) is 2.52. The third kappa shape index (κ3) is 1.58. The number of aryl methyl sites for hydroxylation is 1. The summed E-state index contributed by atoms with van der Waals surface area (Å²) in [5, 5.41) is 1.14. The zero-order valence-corrected chi connectivity index (χ0v) is 9.66. The van der Waals surface area contributed by atoms with E-state index >= 15 is 0 Å². The van der Waals surface area contributed by atoms with Crippen LogP contribution in [-0.4, -0.2) is 10.5 Å². The molecule has 0 saturated heterocycles. The van der Waals surface area contributed by atoms with E-state index in [1.165, 1.54) is 5.69 Å². The van der Waals surface area contributed by atoms with Gasteiger partial charge >= 0.3 is 0 Å². The summed E-state index contributed by atoms with van der Waals surface area (Å²) in [5.41, 5.74) is 8.73. The van der Waals surface area contributed by atoms with Crippen LogP contribution in [0, 0.1) is 0 Å². The zero-order valence-electron chi connectivity index (χ0n) is 9.66. The number of carbonyl (C=O) groups excluding carboxylic acids is 1. The van der Waals surface area contributed by atoms with Crippen molar-refractivity contribution < 1.29 is 4.79 Å². The molecule has 0 atom stereocenters. The van der Waals surface area contributed by atoms with Gasteiger partial charge < -0.3 is 10.3 Å². The summed E-state index contributed by atoms with van der Waals surface area (Å²) in [6, 6.07) is 8.12. The lowest BCUT2D eigenvalue weighted by atomic mass is 10.1. The lowest BCUT2D eigenvalue weighted by Gasteiger charge is -2.03. The van der Waals surface area contributed by atoms with Gasteiger partial charge in [0.1, 0.15) is 0 Å². The second-order valence-electron chi connectivity index (χ2n) is 4.00. The van der Waals surface area contributed by atoms with E-state index in [1.807, 2.05) is 25.2 Å². The summed E-state index contributed by atoms with van der Waals surface area (Å²) in [5.74, 6) is -0.272. The molecule has 2 rings (SSSR count). The first-order chi connectivity index (χ1) is 7.65. The Hall–Kier alpha value is -1.77. The highest BCUT2D eigenvalue weighted by atomic mass is 16.1. The van der Waals surface area contributed by atoms with Gasteiger partial charge in [0.2, 0.25) is 5.91 Å². The number of amides is 1. The Morgan fingerprint density at radius 2 is 2.06 bits per heavy atom. The number of primary amides is 1. The molecule has 0 bridgehead atoms. The molecule has 0 unspecified atom stereocenters. The molecule has 0 radical (unpaired) electrons. The lowest BCUT2D eigenvalue weighted by Crippen LogP contribution is -2.14. The van der Waals surface area contributed by atoms with Gasteiger partial charge in [0.05, 0.1) is 6.42 Å². The van der Waals surface area contributed by atoms with Crippen LogP contribution in [0.4, 0.5) is 0 Å². The molecule has 2 N–H and O–H groups in total. The van der Waals surface area contributed by atoms with Gasteiger partial charge in [0, 0.05) is 23.6 Å². The van der Waals surface area contributed by atoms with Crippen molar-refractivity contribution in [2.24, 2.45) is 12.8 Å². The standard InChI is InChI=1S/C13H16N2O/c1-3-11-10(8-13(14)16)9-6-4-5-7-12(9)15(11)2/h4-7H,3,8H2,1-2H3,(H2,14,16). The predicted octanol–water partition coefficient (Wildman–Crippen LogP) is 1.77. The minimum Gasteiger partial charge on any atom is -0.369 e. The van der Waals surface area contributed by atoms with Crippen LogP contribution in [0.25, 0.3) is 10.9 Å². The minimum atomic E-state index is -0.272. The number of hydrogen-bond donors (Lipinski definition) is 1. The summed E-state index contributed by atoms with van der Waals surface area (Å²) in [6.07, 6.45) is 1.23. The predicted molar refractivity (Wildman–Crippen MR) is 65.2 cm³/mol. The summed E-state index contributed by atoms with van der Waals surface area (Å²) in [7, 11) is 2.03. The third-order valence-corrected chi connectivity index (χ3v) is 3.03. The summed E-state index contributed by atoms with van der Waals surface area (Å²) in [6.45, 7) is 2.10. The maximum atomic E-state index is 11.1. The van der Waals surface area contributed by atoms with Crippen LogP contribution in [0.3, 0.4) is 0 Å². The first kappa shape index (κ1) is 10.7. The van der Waals surface area contributed by atoms with Crippen molar-refractivity contribution in [3.8, 4) is 0 Å². The van der Waals surface area contributed by atoms with E-state index in [0.29, 0.717) is 6.42 Å². The number of rotatable bonds is 3. The quantitative estimate of drug-likeness (QED) is 0.835. The molecule has 1 heterocycles. The van der Waals surface area contributed by atoms with Crippen LogP contribution < -0.4 is 5.73 Å². The van der Waals surface area contributed by atoms with Crippen molar-refractivity contribution in [3.63, 3.8) is 0 Å². The highest BCUT2D eigenvalue weighted by Gasteiger charge is 2.14. The number of nitrogens with zero attached hydrogens (tertiary/aromatic N) is 1. The maximum absolute atomic E-state index is 11.1. The van der Waals surface area contributed by atoms with Crippen LogP contribution in [0.2, 0.25) is 0 Å². The molecule has 0 spiro atoms. The second-order valence-corrected chi connectivity index (χ2v) is 4.00. The molecule has 0 aliphatic heterocycles. The van der Waals surface area contributed by atoms with Crippen LogP contribution in [0.15, 0.2) is 24.3 Å². The third-order valence-electron chi connectivity index (χ3n) is 3.03. The topological polar surface area (TPSA) is 48.0 Å². The van der Waals surface area contributed by atoms with Crippen molar-refractivity contribution in [2.45, 2.75) is 19.8 Å². The van der Waals surface area contributed by atoms with Crippen molar-refractivity contribution in [1.82, 2.24) is 4.57 Å². The Kier molecular flexibility index (Phi) is 2.69. The number of para-hydroxylation sites is 1. The van der Waals surface area contributed by atoms with Crippen molar-refractivity contribution in [1.29, 1.82) is 0 Å². The van der Waals surface area contributed by atoms with E-state index in [1.54, 1.807) is 0 Å². The maximum Gasteiger partial charge on any atom is 0.221 e. The molecular weight excluding hydrogens is 200 g/mol. The fourth-order valence-corrected chi connectivity index (χ4v) is 2.35. The average molecular weight is 216 g/mol. The van der Waals surface area contributed by atoms with Gasteiger partial charge in [0.15, 0.2) is 0 Å². The van der Waals surface area contributed by atoms with Crippen LogP contribution >= 0.6 is 0 Å². The largest absolute Gasteiger partial charge is 0.369 e. The molecule has 0 aliphatic rings. The first-order valence-corrected chi connectivity index (χ1v) is 5.48. The number of aromatic nitrogens is 1. The van der Waals surface area contributed by atoms with E-state index in [9.17, 15) is 4.79 Å². The highest BCUT2D eigenvalue weighted by Crippen LogP contribution is 2.25. The van der Waals surface area contributed by atoms with Gasteiger partial charge in [-0.05, 0) is 18.1 Å². The molecule has 0 saturated carbocycles. The number of carbonyl (C=O) groups is 1. The van der Waals surface area contributed by atoms with Gasteiger partial charge in [-0.1, -0.05) is 25.1 Å². The number of nitrogens with two attached hydrogens (primary N) is 1. The van der Waals surface area contributed by atoms with Gasteiger partial charge in [-0.3, -0.25) is 4.79 Å². The SMILES string of the molecule is CCc1c(CC(N)=O)c2ccccc2n1C. The van der Waals surface area contributed by atoms with Crippen LogP contribution in [-0.2, 0) is 24.7 Å². The Labute approximate surface area is 94.9 Å². The molecule has 84 valence electrons. The molecular formula is C13H16N2O. The monoisotopic (exact) mass is 216 g/mol. The molecule has 16 heavy (non-hydrogen) atoms. The fraction of sp³-hybridized carbons (Fsp3) is 0.308. The Balaban J connectivity index is 2.72. The smallest absolute Gasteiger partial charge is 0.221 e. The molecule has 1 aromatic carbocycles. The Morgan fingerprint density at radius 1 is 1.38 bits per heavy atom. The van der Waals surface area contributed by atoms with E-state index in [0.717, 1.165) is 22.9 Å². The van der Waals surface area contributed by atoms with E-state index in [-0.39, 0.29) is 5.91 Å². The highest BCUT2D eigenvalue weighted by molar-refractivity contribution is 5.90. The van der Waals surface area contributed by atoms with Gasteiger partial charge in [0.25, 0.3) is 0 Å². The van der Waals surface area contributed by atoms with Gasteiger partial charge in [-0.15, -0.1) is 0 Å². The molecule has 2 aromatic rings. The fourth-order valence-electron chi connectivity index (χ4n) is 2.35. The summed E-state index contributed by atoms with van der Waals surface area (Å²) < 4.78 is 2.15. The lowest BCUT2D eigenvalue weighted by molar-refractivity contribution is -0.117. The summed E-state index contributed by atoms with van der Waals surface area (Å²) >= 11 is 0. The number of fused-ring (bicyclic) bond motifs is 1. The molecule has 0 fully saturated rings. The van der Waals surface area contributed by atoms with Crippen LogP contribution in [0.5, 0.6) is 0 Å². The van der Waals surface area contributed by atoms with Crippen LogP contribution in [0.1, 0.15) is 18.2 Å². The Bertz CT molecular complexity index is 540. The van der Waals surface area contributed by atoms with E-state index in [4.69, 9.17) is 5.73 Å². The normalized spacial score (nSPS) is 10.9. The molecule has 3 nitrogen and oxygen atoms in total.